The number of benzene rings is 1. The van der Waals surface area contributed by atoms with Crippen LogP contribution in [0, 0.1) is 6.92 Å². The highest BCUT2D eigenvalue weighted by Crippen LogP contribution is 2.18. The first kappa shape index (κ1) is 14.5. The van der Waals surface area contributed by atoms with Crippen molar-refractivity contribution < 1.29 is 9.84 Å². The Morgan fingerprint density at radius 3 is 2.85 bits per heavy atom. The summed E-state index contributed by atoms with van der Waals surface area (Å²) >= 11 is 0. The highest BCUT2D eigenvalue weighted by atomic mass is 16.5. The molecule has 2 aromatic rings. The predicted octanol–water partition coefficient (Wildman–Crippen LogP) is 2.22. The summed E-state index contributed by atoms with van der Waals surface area (Å²) in [6.45, 7) is 3.14. The van der Waals surface area contributed by atoms with E-state index in [9.17, 15) is 5.11 Å². The maximum atomic E-state index is 10.1. The Hall–Kier alpha value is -1.91. The molecule has 0 saturated heterocycles. The number of ether oxygens (including phenoxy) is 1. The quantitative estimate of drug-likeness (QED) is 0.846. The Labute approximate surface area is 119 Å². The lowest BCUT2D eigenvalue weighted by molar-refractivity contribution is 0.174. The van der Waals surface area contributed by atoms with Gasteiger partial charge in [-0.3, -0.25) is 4.98 Å². The van der Waals surface area contributed by atoms with Gasteiger partial charge in [-0.25, -0.2) is 0 Å². The molecule has 4 nitrogen and oxygen atoms in total. The molecule has 2 N–H and O–H groups in total. The number of methoxy groups -OCH3 is 1. The van der Waals surface area contributed by atoms with Crippen molar-refractivity contribution in [1.82, 2.24) is 10.3 Å². The average molecular weight is 272 g/mol. The third kappa shape index (κ3) is 4.05. The molecule has 4 heteroatoms. The van der Waals surface area contributed by atoms with Gasteiger partial charge in [0.2, 0.25) is 0 Å². The van der Waals surface area contributed by atoms with Crippen LogP contribution in [0.15, 0.2) is 42.6 Å². The number of aliphatic hydroxyl groups is 1. The van der Waals surface area contributed by atoms with Crippen LogP contribution in [-0.2, 0) is 6.54 Å². The first-order chi connectivity index (χ1) is 9.69. The molecule has 0 spiro atoms. The molecular formula is C16H20N2O2. The summed E-state index contributed by atoms with van der Waals surface area (Å²) in [4.78, 5) is 4.24. The molecule has 0 amide bonds. The number of aromatic nitrogens is 1. The molecule has 1 atom stereocenters. The van der Waals surface area contributed by atoms with Crippen LogP contribution < -0.4 is 10.1 Å². The van der Waals surface area contributed by atoms with E-state index in [0.717, 1.165) is 22.6 Å². The summed E-state index contributed by atoms with van der Waals surface area (Å²) < 4.78 is 5.15. The molecule has 1 heterocycles. The Kier molecular flexibility index (Phi) is 5.09. The van der Waals surface area contributed by atoms with Crippen LogP contribution in [0.3, 0.4) is 0 Å². The second-order valence-corrected chi connectivity index (χ2v) is 4.73. The fourth-order valence-electron chi connectivity index (χ4n) is 1.92. The molecule has 0 aliphatic rings. The van der Waals surface area contributed by atoms with Crippen molar-refractivity contribution in [2.75, 3.05) is 13.7 Å². The SMILES string of the molecule is COc1cccc(C(O)CNCc2ccc(C)nc2)c1. The van der Waals surface area contributed by atoms with E-state index in [2.05, 4.69) is 10.3 Å². The Morgan fingerprint density at radius 1 is 1.30 bits per heavy atom. The third-order valence-electron chi connectivity index (χ3n) is 3.12. The van der Waals surface area contributed by atoms with Gasteiger partial charge in [-0.2, -0.15) is 0 Å². The summed E-state index contributed by atoms with van der Waals surface area (Å²) in [6, 6.07) is 11.5. The topological polar surface area (TPSA) is 54.4 Å². The van der Waals surface area contributed by atoms with Crippen LogP contribution in [0.4, 0.5) is 0 Å². The molecule has 0 aliphatic carbocycles. The zero-order valence-corrected chi connectivity index (χ0v) is 11.8. The summed E-state index contributed by atoms with van der Waals surface area (Å²) in [7, 11) is 1.62. The van der Waals surface area contributed by atoms with E-state index >= 15 is 0 Å². The van der Waals surface area contributed by atoms with Gasteiger partial charge in [0.15, 0.2) is 0 Å². The molecule has 20 heavy (non-hydrogen) atoms. The van der Waals surface area contributed by atoms with Gasteiger partial charge in [0.1, 0.15) is 5.75 Å². The summed E-state index contributed by atoms with van der Waals surface area (Å²) in [5, 5.41) is 13.4. The minimum atomic E-state index is -0.552. The second-order valence-electron chi connectivity index (χ2n) is 4.73. The van der Waals surface area contributed by atoms with E-state index in [0.29, 0.717) is 13.1 Å². The molecule has 0 saturated carbocycles. The van der Waals surface area contributed by atoms with E-state index in [4.69, 9.17) is 4.74 Å². The van der Waals surface area contributed by atoms with Gasteiger partial charge in [-0.1, -0.05) is 18.2 Å². The van der Waals surface area contributed by atoms with Gasteiger partial charge in [0.05, 0.1) is 13.2 Å². The average Bonchev–Trinajstić information content (AvgIpc) is 2.49. The summed E-state index contributed by atoms with van der Waals surface area (Å²) in [5.74, 6) is 0.754. The van der Waals surface area contributed by atoms with E-state index < -0.39 is 6.10 Å². The van der Waals surface area contributed by atoms with Crippen molar-refractivity contribution in [1.29, 1.82) is 0 Å². The molecule has 106 valence electrons. The lowest BCUT2D eigenvalue weighted by atomic mass is 10.1. The van der Waals surface area contributed by atoms with Gasteiger partial charge in [-0.15, -0.1) is 0 Å². The van der Waals surface area contributed by atoms with E-state index in [1.165, 1.54) is 0 Å². The highest BCUT2D eigenvalue weighted by Gasteiger charge is 2.07. The molecule has 1 aromatic carbocycles. The number of nitrogens with one attached hydrogen (secondary N) is 1. The van der Waals surface area contributed by atoms with Crippen LogP contribution in [0.5, 0.6) is 5.75 Å². The van der Waals surface area contributed by atoms with Crippen LogP contribution in [-0.4, -0.2) is 23.7 Å². The van der Waals surface area contributed by atoms with Crippen LogP contribution >= 0.6 is 0 Å². The van der Waals surface area contributed by atoms with Crippen LogP contribution in [0.2, 0.25) is 0 Å². The van der Waals surface area contributed by atoms with Crippen molar-refractivity contribution >= 4 is 0 Å². The number of rotatable bonds is 6. The predicted molar refractivity (Wildman–Crippen MR) is 78.6 cm³/mol. The monoisotopic (exact) mass is 272 g/mol. The Morgan fingerprint density at radius 2 is 2.15 bits per heavy atom. The number of aliphatic hydroxyl groups excluding tert-OH is 1. The third-order valence-corrected chi connectivity index (χ3v) is 3.12. The largest absolute Gasteiger partial charge is 0.497 e. The van der Waals surface area contributed by atoms with Crippen molar-refractivity contribution in [3.63, 3.8) is 0 Å². The van der Waals surface area contributed by atoms with Gasteiger partial charge in [0.25, 0.3) is 0 Å². The smallest absolute Gasteiger partial charge is 0.119 e. The standard InChI is InChI=1S/C16H20N2O2/c1-12-6-7-13(10-18-12)9-17-11-16(19)14-4-3-5-15(8-14)20-2/h3-8,10,16-17,19H,9,11H2,1-2H3. The fourth-order valence-corrected chi connectivity index (χ4v) is 1.92. The maximum absolute atomic E-state index is 10.1. The van der Waals surface area contributed by atoms with E-state index in [-0.39, 0.29) is 0 Å². The number of aryl methyl sites for hydroxylation is 1. The minimum Gasteiger partial charge on any atom is -0.497 e. The van der Waals surface area contributed by atoms with Gasteiger partial charge in [-0.05, 0) is 36.2 Å². The van der Waals surface area contributed by atoms with Gasteiger partial charge < -0.3 is 15.2 Å². The Bertz CT molecular complexity index is 540. The minimum absolute atomic E-state index is 0.487. The van der Waals surface area contributed by atoms with Crippen molar-refractivity contribution in [2.24, 2.45) is 0 Å². The van der Waals surface area contributed by atoms with Crippen molar-refractivity contribution in [3.8, 4) is 5.75 Å². The van der Waals surface area contributed by atoms with E-state index in [1.54, 1.807) is 7.11 Å². The molecular weight excluding hydrogens is 252 g/mol. The normalized spacial score (nSPS) is 12.2. The fraction of sp³-hybridized carbons (Fsp3) is 0.312. The molecule has 0 bridgehead atoms. The number of hydrogen-bond acceptors (Lipinski definition) is 4. The molecule has 0 radical (unpaired) electrons. The summed E-state index contributed by atoms with van der Waals surface area (Å²) in [5.41, 5.74) is 2.96. The number of nitrogens with zero attached hydrogens (tertiary/aromatic N) is 1. The second kappa shape index (κ2) is 7.03. The molecule has 2 rings (SSSR count). The first-order valence-electron chi connectivity index (χ1n) is 6.63. The highest BCUT2D eigenvalue weighted by molar-refractivity contribution is 5.29. The van der Waals surface area contributed by atoms with Gasteiger partial charge >= 0.3 is 0 Å². The van der Waals surface area contributed by atoms with Gasteiger partial charge in [0, 0.05) is 25.0 Å². The molecule has 0 fully saturated rings. The Balaban J connectivity index is 1.85. The number of pyridine rings is 1. The van der Waals surface area contributed by atoms with Crippen LogP contribution in [0.25, 0.3) is 0 Å². The lowest BCUT2D eigenvalue weighted by Crippen LogP contribution is -2.21. The molecule has 0 aliphatic heterocycles. The molecule has 1 unspecified atom stereocenters. The lowest BCUT2D eigenvalue weighted by Gasteiger charge is -2.13. The van der Waals surface area contributed by atoms with Crippen molar-refractivity contribution in [2.45, 2.75) is 19.6 Å². The molecule has 1 aromatic heterocycles. The zero-order valence-electron chi connectivity index (χ0n) is 11.8. The van der Waals surface area contributed by atoms with Crippen molar-refractivity contribution in [3.05, 3.63) is 59.4 Å². The number of hydrogen-bond donors (Lipinski definition) is 2. The zero-order chi connectivity index (χ0) is 14.4. The van der Waals surface area contributed by atoms with Crippen LogP contribution in [0.1, 0.15) is 22.9 Å². The summed E-state index contributed by atoms with van der Waals surface area (Å²) in [6.07, 6.45) is 1.30. The van der Waals surface area contributed by atoms with E-state index in [1.807, 2.05) is 49.5 Å². The first-order valence-corrected chi connectivity index (χ1v) is 6.63. The maximum Gasteiger partial charge on any atom is 0.119 e.